The normalized spacial score (nSPS) is 15.4. The van der Waals surface area contributed by atoms with Crippen LogP contribution in [0.1, 0.15) is 67.7 Å². The van der Waals surface area contributed by atoms with E-state index in [0.29, 0.717) is 26.5 Å². The maximum Gasteiger partial charge on any atom is 0.338 e. The summed E-state index contributed by atoms with van der Waals surface area (Å²) in [7, 11) is 0. The average Bonchev–Trinajstić information content (AvgIpc) is 3.38. The predicted molar refractivity (Wildman–Crippen MR) is 156 cm³/mol. The van der Waals surface area contributed by atoms with Crippen LogP contribution in [0.3, 0.4) is 0 Å². The van der Waals surface area contributed by atoms with Gasteiger partial charge in [-0.1, -0.05) is 49.4 Å². The van der Waals surface area contributed by atoms with Gasteiger partial charge in [0.2, 0.25) is 0 Å². The van der Waals surface area contributed by atoms with E-state index in [9.17, 15) is 14.0 Å². The minimum absolute atomic E-state index is 0.220. The molecule has 0 bridgehead atoms. The number of aromatic nitrogens is 2. The SMILES string of the molecule is CCOC(=O)C1=C(C)N=c2s/c(=C/c3cc(C)n(-c4ccc(F)cc4)c3C)c(=O)n2[C@H]1c1ccc(C(C)C)cc1. The van der Waals surface area contributed by atoms with Gasteiger partial charge in [-0.3, -0.25) is 9.36 Å². The molecule has 3 heterocycles. The number of carbonyl (C=O) groups excluding carboxylic acids is 1. The van der Waals surface area contributed by atoms with Crippen molar-refractivity contribution >= 4 is 23.4 Å². The highest BCUT2D eigenvalue weighted by Gasteiger charge is 2.33. The van der Waals surface area contributed by atoms with Crippen LogP contribution in [0.5, 0.6) is 0 Å². The van der Waals surface area contributed by atoms with Gasteiger partial charge in [0, 0.05) is 17.1 Å². The van der Waals surface area contributed by atoms with Crippen molar-refractivity contribution in [1.82, 2.24) is 9.13 Å². The van der Waals surface area contributed by atoms with Crippen LogP contribution in [0.2, 0.25) is 0 Å². The minimum atomic E-state index is -0.648. The number of hydrogen-bond donors (Lipinski definition) is 0. The number of nitrogens with zero attached hydrogens (tertiary/aromatic N) is 3. The summed E-state index contributed by atoms with van der Waals surface area (Å²) in [4.78, 5) is 32.3. The zero-order chi connectivity index (χ0) is 28.7. The zero-order valence-corrected chi connectivity index (χ0v) is 24.3. The molecule has 5 rings (SSSR count). The monoisotopic (exact) mass is 557 g/mol. The Morgan fingerprint density at radius 1 is 1.10 bits per heavy atom. The van der Waals surface area contributed by atoms with E-state index >= 15 is 0 Å². The van der Waals surface area contributed by atoms with Gasteiger partial charge in [0.25, 0.3) is 5.56 Å². The van der Waals surface area contributed by atoms with E-state index in [2.05, 4.69) is 18.8 Å². The maximum atomic E-state index is 14.0. The van der Waals surface area contributed by atoms with Crippen molar-refractivity contribution < 1.29 is 13.9 Å². The largest absolute Gasteiger partial charge is 0.463 e. The highest BCUT2D eigenvalue weighted by atomic mass is 32.1. The molecule has 1 aliphatic rings. The van der Waals surface area contributed by atoms with E-state index in [-0.39, 0.29) is 18.0 Å². The lowest BCUT2D eigenvalue weighted by molar-refractivity contribution is -0.139. The molecule has 40 heavy (non-hydrogen) atoms. The third kappa shape index (κ3) is 4.88. The fraction of sp³-hybridized carbons (Fsp3) is 0.281. The number of halogens is 1. The molecule has 0 unspecified atom stereocenters. The molecule has 206 valence electrons. The quantitative estimate of drug-likeness (QED) is 0.296. The second-order valence-electron chi connectivity index (χ2n) is 10.3. The molecule has 0 radical (unpaired) electrons. The van der Waals surface area contributed by atoms with Crippen LogP contribution < -0.4 is 14.9 Å². The van der Waals surface area contributed by atoms with Crippen molar-refractivity contribution in [2.45, 2.75) is 53.5 Å². The topological polar surface area (TPSA) is 65.6 Å². The van der Waals surface area contributed by atoms with Crippen LogP contribution in [0.15, 0.2) is 75.7 Å². The second kappa shape index (κ2) is 10.8. The summed E-state index contributed by atoms with van der Waals surface area (Å²) in [5.41, 5.74) is 6.30. The van der Waals surface area contributed by atoms with Crippen LogP contribution in [0.4, 0.5) is 4.39 Å². The van der Waals surface area contributed by atoms with Crippen molar-refractivity contribution in [2.75, 3.05) is 6.61 Å². The summed E-state index contributed by atoms with van der Waals surface area (Å²) in [5, 5.41) is 0. The standard InChI is InChI=1S/C32H32FN3O3S/c1-7-39-31(38)28-20(5)34-32-36(29(28)23-10-8-22(9-11-23)18(2)3)30(37)27(40-32)17-24-16-19(4)35(21(24)6)26-14-12-25(33)13-15-26/h8-18,29H,7H2,1-6H3/b27-17+/t29-/m0/s1. The van der Waals surface area contributed by atoms with Crippen molar-refractivity contribution in [2.24, 2.45) is 4.99 Å². The Morgan fingerprint density at radius 2 is 1.77 bits per heavy atom. The van der Waals surface area contributed by atoms with E-state index < -0.39 is 12.0 Å². The minimum Gasteiger partial charge on any atom is -0.463 e. The average molecular weight is 558 g/mol. The van der Waals surface area contributed by atoms with Crippen LogP contribution in [0.25, 0.3) is 11.8 Å². The number of fused-ring (bicyclic) bond motifs is 1. The first-order valence-corrected chi connectivity index (χ1v) is 14.2. The van der Waals surface area contributed by atoms with Crippen molar-refractivity contribution in [3.05, 3.63) is 119 Å². The first kappa shape index (κ1) is 27.5. The van der Waals surface area contributed by atoms with Crippen LogP contribution in [0, 0.1) is 19.7 Å². The number of aryl methyl sites for hydroxylation is 1. The van der Waals surface area contributed by atoms with Gasteiger partial charge in [0.05, 0.1) is 28.5 Å². The summed E-state index contributed by atoms with van der Waals surface area (Å²) >= 11 is 1.30. The molecule has 1 aliphatic heterocycles. The molecule has 0 saturated heterocycles. The molecule has 0 spiro atoms. The number of thiazole rings is 1. The van der Waals surface area contributed by atoms with Crippen molar-refractivity contribution in [1.29, 1.82) is 0 Å². The van der Waals surface area contributed by atoms with Gasteiger partial charge in [-0.25, -0.2) is 14.2 Å². The summed E-state index contributed by atoms with van der Waals surface area (Å²) < 4.78 is 23.1. The molecular weight excluding hydrogens is 525 g/mol. The van der Waals surface area contributed by atoms with Gasteiger partial charge >= 0.3 is 5.97 Å². The number of allylic oxidation sites excluding steroid dienone is 1. The molecule has 6 nitrogen and oxygen atoms in total. The smallest absolute Gasteiger partial charge is 0.338 e. The highest BCUT2D eigenvalue weighted by Crippen LogP contribution is 2.31. The third-order valence-corrected chi connectivity index (χ3v) is 8.26. The van der Waals surface area contributed by atoms with Crippen LogP contribution in [-0.4, -0.2) is 21.7 Å². The van der Waals surface area contributed by atoms with E-state index in [1.165, 1.54) is 29.0 Å². The number of ether oxygens (including phenoxy) is 1. The van der Waals surface area contributed by atoms with Gasteiger partial charge in [-0.15, -0.1) is 0 Å². The molecule has 0 N–H and O–H groups in total. The number of hydrogen-bond acceptors (Lipinski definition) is 5. The van der Waals surface area contributed by atoms with Crippen molar-refractivity contribution in [3.8, 4) is 5.69 Å². The number of carbonyl (C=O) groups is 1. The Kier molecular flexibility index (Phi) is 7.47. The van der Waals surface area contributed by atoms with Gasteiger partial charge in [-0.05, 0) is 86.7 Å². The Morgan fingerprint density at radius 3 is 2.40 bits per heavy atom. The van der Waals surface area contributed by atoms with Crippen molar-refractivity contribution in [3.63, 3.8) is 0 Å². The molecule has 0 aliphatic carbocycles. The summed E-state index contributed by atoms with van der Waals surface area (Å²) in [5.74, 6) is -0.413. The molecule has 0 amide bonds. The third-order valence-electron chi connectivity index (χ3n) is 7.28. The molecule has 4 aromatic rings. The molecule has 8 heteroatoms. The Labute approximate surface area is 236 Å². The number of rotatable bonds is 6. The molecule has 1 atom stereocenters. The van der Waals surface area contributed by atoms with Gasteiger partial charge in [0.15, 0.2) is 4.80 Å². The first-order chi connectivity index (χ1) is 19.1. The first-order valence-electron chi connectivity index (χ1n) is 13.3. The zero-order valence-electron chi connectivity index (χ0n) is 23.5. The molecule has 2 aromatic carbocycles. The van der Waals surface area contributed by atoms with Crippen LogP contribution in [-0.2, 0) is 9.53 Å². The fourth-order valence-electron chi connectivity index (χ4n) is 5.23. The molecule has 0 saturated carbocycles. The molecule has 0 fully saturated rings. The maximum absolute atomic E-state index is 14.0. The summed E-state index contributed by atoms with van der Waals surface area (Å²) in [6.45, 7) is 12.0. The Balaban J connectivity index is 1.67. The fourth-order valence-corrected chi connectivity index (χ4v) is 6.27. The van der Waals surface area contributed by atoms with Gasteiger partial charge < -0.3 is 9.30 Å². The van der Waals surface area contributed by atoms with E-state index in [1.807, 2.05) is 54.8 Å². The predicted octanol–water partition coefficient (Wildman–Crippen LogP) is 5.47. The summed E-state index contributed by atoms with van der Waals surface area (Å²) in [6, 6.07) is 15.7. The molecular formula is C32H32FN3O3S. The second-order valence-corrected chi connectivity index (χ2v) is 11.3. The van der Waals surface area contributed by atoms with E-state index in [1.54, 1.807) is 30.5 Å². The summed E-state index contributed by atoms with van der Waals surface area (Å²) in [6.07, 6.45) is 1.87. The van der Waals surface area contributed by atoms with Gasteiger partial charge in [0.1, 0.15) is 5.82 Å². The number of esters is 1. The lowest BCUT2D eigenvalue weighted by Gasteiger charge is -2.25. The lowest BCUT2D eigenvalue weighted by Crippen LogP contribution is -2.39. The van der Waals surface area contributed by atoms with Crippen LogP contribution >= 0.6 is 11.3 Å². The molecule has 2 aromatic heterocycles. The Bertz CT molecular complexity index is 1810. The number of benzene rings is 2. The van der Waals surface area contributed by atoms with Gasteiger partial charge in [-0.2, -0.15) is 0 Å². The highest BCUT2D eigenvalue weighted by molar-refractivity contribution is 7.07. The van der Waals surface area contributed by atoms with E-state index in [4.69, 9.17) is 4.74 Å². The van der Waals surface area contributed by atoms with E-state index in [0.717, 1.165) is 28.2 Å². The Hall–Kier alpha value is -4.04. The lowest BCUT2D eigenvalue weighted by atomic mass is 9.93.